The lowest BCUT2D eigenvalue weighted by atomic mass is 9.99. The predicted octanol–water partition coefficient (Wildman–Crippen LogP) is -0.958. The highest BCUT2D eigenvalue weighted by molar-refractivity contribution is 5.89. The van der Waals surface area contributed by atoms with Gasteiger partial charge in [0.25, 0.3) is 0 Å². The summed E-state index contributed by atoms with van der Waals surface area (Å²) in [5, 5.41) is 38.4. The first-order valence-electron chi connectivity index (χ1n) is 7.22. The van der Waals surface area contributed by atoms with E-state index in [4.69, 9.17) is 19.3 Å². The fourth-order valence-corrected chi connectivity index (χ4v) is 2.18. The standard InChI is InChI=1S/C15H20O8/c1-2-21-14(20)8-3-5-9(6-4-8)22-15-13(19)12(18)11(17)10(7-16)23-15/h3-6,10-13,15-19H,2,7H2,1H3/t10-,11-,12+,13-,15-/m1/s1. The minimum absolute atomic E-state index is 0.266. The van der Waals surface area contributed by atoms with Crippen LogP contribution in [0.5, 0.6) is 5.75 Å². The first-order chi connectivity index (χ1) is 11.0. The van der Waals surface area contributed by atoms with Gasteiger partial charge >= 0.3 is 5.97 Å². The molecule has 0 unspecified atom stereocenters. The summed E-state index contributed by atoms with van der Waals surface area (Å²) in [6, 6.07) is 5.93. The monoisotopic (exact) mass is 328 g/mol. The van der Waals surface area contributed by atoms with E-state index < -0.39 is 43.3 Å². The Morgan fingerprint density at radius 1 is 1.13 bits per heavy atom. The van der Waals surface area contributed by atoms with Crippen LogP contribution in [0.2, 0.25) is 0 Å². The molecule has 1 saturated heterocycles. The summed E-state index contributed by atoms with van der Waals surface area (Å²) in [4.78, 5) is 11.5. The summed E-state index contributed by atoms with van der Waals surface area (Å²) >= 11 is 0. The lowest BCUT2D eigenvalue weighted by molar-refractivity contribution is -0.277. The summed E-state index contributed by atoms with van der Waals surface area (Å²) in [6.45, 7) is 1.43. The second-order valence-corrected chi connectivity index (χ2v) is 5.06. The number of aliphatic hydroxyl groups excluding tert-OH is 4. The molecule has 0 radical (unpaired) electrons. The number of rotatable bonds is 5. The van der Waals surface area contributed by atoms with Crippen molar-refractivity contribution in [3.63, 3.8) is 0 Å². The maximum atomic E-state index is 11.5. The molecule has 0 aromatic heterocycles. The molecule has 1 heterocycles. The normalized spacial score (nSPS) is 30.7. The van der Waals surface area contributed by atoms with Crippen LogP contribution in [0, 0.1) is 0 Å². The van der Waals surface area contributed by atoms with Crippen LogP contribution in [0.25, 0.3) is 0 Å². The Hall–Kier alpha value is -1.71. The molecular formula is C15H20O8. The maximum Gasteiger partial charge on any atom is 0.338 e. The van der Waals surface area contributed by atoms with Crippen molar-refractivity contribution < 1.29 is 39.4 Å². The van der Waals surface area contributed by atoms with Crippen molar-refractivity contribution >= 4 is 5.97 Å². The number of carbonyl (C=O) groups is 1. The van der Waals surface area contributed by atoms with Crippen LogP contribution in [0.3, 0.4) is 0 Å². The van der Waals surface area contributed by atoms with Crippen molar-refractivity contribution in [2.24, 2.45) is 0 Å². The molecule has 1 fully saturated rings. The Morgan fingerprint density at radius 3 is 2.35 bits per heavy atom. The van der Waals surface area contributed by atoms with Crippen molar-refractivity contribution in [3.05, 3.63) is 29.8 Å². The van der Waals surface area contributed by atoms with E-state index in [9.17, 15) is 20.1 Å². The van der Waals surface area contributed by atoms with E-state index in [0.29, 0.717) is 5.56 Å². The summed E-state index contributed by atoms with van der Waals surface area (Å²) in [5.41, 5.74) is 0.341. The van der Waals surface area contributed by atoms with Crippen LogP contribution in [-0.4, -0.2) is 70.3 Å². The van der Waals surface area contributed by atoms with Gasteiger partial charge in [-0.2, -0.15) is 0 Å². The summed E-state index contributed by atoms with van der Waals surface area (Å²) in [7, 11) is 0. The number of hydrogen-bond acceptors (Lipinski definition) is 8. The number of esters is 1. The molecule has 0 aliphatic carbocycles. The van der Waals surface area contributed by atoms with Gasteiger partial charge in [0.1, 0.15) is 30.2 Å². The second-order valence-electron chi connectivity index (χ2n) is 5.06. The zero-order chi connectivity index (χ0) is 17.0. The Kier molecular flexibility index (Phi) is 5.91. The van der Waals surface area contributed by atoms with Gasteiger partial charge in [0.05, 0.1) is 18.8 Å². The Morgan fingerprint density at radius 2 is 1.78 bits per heavy atom. The summed E-state index contributed by atoms with van der Waals surface area (Å²) in [6.07, 6.45) is -6.75. The number of benzene rings is 1. The highest BCUT2D eigenvalue weighted by atomic mass is 16.7. The van der Waals surface area contributed by atoms with Gasteiger partial charge in [-0.25, -0.2) is 4.79 Å². The highest BCUT2D eigenvalue weighted by Gasteiger charge is 2.44. The van der Waals surface area contributed by atoms with Crippen molar-refractivity contribution in [3.8, 4) is 5.75 Å². The minimum Gasteiger partial charge on any atom is -0.462 e. The third-order valence-corrected chi connectivity index (χ3v) is 3.47. The zero-order valence-corrected chi connectivity index (χ0v) is 12.5. The van der Waals surface area contributed by atoms with Crippen LogP contribution in [-0.2, 0) is 9.47 Å². The molecule has 23 heavy (non-hydrogen) atoms. The average molecular weight is 328 g/mol. The molecule has 0 spiro atoms. The minimum atomic E-state index is -1.51. The zero-order valence-electron chi connectivity index (χ0n) is 12.5. The molecule has 8 heteroatoms. The molecule has 2 rings (SSSR count). The van der Waals surface area contributed by atoms with Crippen LogP contribution in [0.15, 0.2) is 24.3 Å². The molecule has 1 aromatic rings. The smallest absolute Gasteiger partial charge is 0.338 e. The first kappa shape index (κ1) is 17.6. The fourth-order valence-electron chi connectivity index (χ4n) is 2.18. The van der Waals surface area contributed by atoms with E-state index in [0.717, 1.165) is 0 Å². The summed E-state index contributed by atoms with van der Waals surface area (Å²) in [5.74, 6) is -0.186. The third kappa shape index (κ3) is 3.98. The first-order valence-corrected chi connectivity index (χ1v) is 7.22. The van der Waals surface area contributed by atoms with E-state index in [1.54, 1.807) is 6.92 Å². The van der Waals surface area contributed by atoms with Crippen LogP contribution >= 0.6 is 0 Å². The van der Waals surface area contributed by atoms with Gasteiger partial charge in [0.2, 0.25) is 6.29 Å². The second kappa shape index (κ2) is 7.71. The van der Waals surface area contributed by atoms with Gasteiger partial charge in [0.15, 0.2) is 0 Å². The molecule has 0 bridgehead atoms. The molecule has 128 valence electrons. The average Bonchev–Trinajstić information content (AvgIpc) is 2.56. The van der Waals surface area contributed by atoms with Crippen molar-refractivity contribution in [1.82, 2.24) is 0 Å². The molecule has 1 aliphatic rings. The van der Waals surface area contributed by atoms with E-state index in [1.807, 2.05) is 0 Å². The molecule has 1 aromatic carbocycles. The quantitative estimate of drug-likeness (QED) is 0.509. The lowest BCUT2D eigenvalue weighted by Gasteiger charge is -2.39. The van der Waals surface area contributed by atoms with E-state index in [-0.39, 0.29) is 12.4 Å². The molecule has 5 atom stereocenters. The highest BCUT2D eigenvalue weighted by Crippen LogP contribution is 2.24. The Bertz CT molecular complexity index is 515. The van der Waals surface area contributed by atoms with Crippen molar-refractivity contribution in [2.45, 2.75) is 37.6 Å². The predicted molar refractivity (Wildman–Crippen MR) is 76.8 cm³/mol. The maximum absolute atomic E-state index is 11.5. The van der Waals surface area contributed by atoms with Crippen LogP contribution in [0.4, 0.5) is 0 Å². The fraction of sp³-hybridized carbons (Fsp3) is 0.533. The third-order valence-electron chi connectivity index (χ3n) is 3.47. The van der Waals surface area contributed by atoms with Gasteiger partial charge in [0, 0.05) is 0 Å². The molecule has 0 amide bonds. The lowest BCUT2D eigenvalue weighted by Crippen LogP contribution is -2.60. The van der Waals surface area contributed by atoms with Crippen LogP contribution < -0.4 is 4.74 Å². The van der Waals surface area contributed by atoms with Crippen molar-refractivity contribution in [1.29, 1.82) is 0 Å². The van der Waals surface area contributed by atoms with Crippen molar-refractivity contribution in [2.75, 3.05) is 13.2 Å². The van der Waals surface area contributed by atoms with E-state index in [1.165, 1.54) is 24.3 Å². The van der Waals surface area contributed by atoms with Gasteiger partial charge in [-0.3, -0.25) is 0 Å². The Labute approximate surface area is 132 Å². The number of aliphatic hydroxyl groups is 4. The van der Waals surface area contributed by atoms with Gasteiger partial charge in [-0.1, -0.05) is 0 Å². The molecule has 8 nitrogen and oxygen atoms in total. The van der Waals surface area contributed by atoms with Crippen LogP contribution in [0.1, 0.15) is 17.3 Å². The molecule has 4 N–H and O–H groups in total. The van der Waals surface area contributed by atoms with E-state index in [2.05, 4.69) is 0 Å². The Balaban J connectivity index is 2.04. The van der Waals surface area contributed by atoms with Gasteiger partial charge < -0.3 is 34.6 Å². The topological polar surface area (TPSA) is 126 Å². The molecule has 1 aliphatic heterocycles. The van der Waals surface area contributed by atoms with Gasteiger partial charge in [-0.05, 0) is 31.2 Å². The molecule has 0 saturated carbocycles. The number of ether oxygens (including phenoxy) is 3. The largest absolute Gasteiger partial charge is 0.462 e. The van der Waals surface area contributed by atoms with E-state index >= 15 is 0 Å². The number of hydrogen-bond donors (Lipinski definition) is 4. The van der Waals surface area contributed by atoms with Gasteiger partial charge in [-0.15, -0.1) is 0 Å². The SMILES string of the molecule is CCOC(=O)c1ccc(O[C@@H]2O[C@H](CO)[C@@H](O)[C@H](O)[C@H]2O)cc1. The summed E-state index contributed by atoms with van der Waals surface area (Å²) < 4.78 is 15.5. The number of carbonyl (C=O) groups excluding carboxylic acids is 1. The molecular weight excluding hydrogens is 308 g/mol.